The Bertz CT molecular complexity index is 417. The van der Waals surface area contributed by atoms with Gasteiger partial charge in [-0.1, -0.05) is 43.0 Å². The van der Waals surface area contributed by atoms with E-state index in [1.54, 1.807) is 0 Å². The molecule has 0 saturated heterocycles. The summed E-state index contributed by atoms with van der Waals surface area (Å²) in [5, 5.41) is 0.805. The maximum absolute atomic E-state index is 6.05. The van der Waals surface area contributed by atoms with Gasteiger partial charge in [0, 0.05) is 23.7 Å². The fraction of sp³-hybridized carbons (Fsp3) is 0.625. The summed E-state index contributed by atoms with van der Waals surface area (Å²) in [4.78, 5) is 2.39. The Morgan fingerprint density at radius 3 is 2.68 bits per heavy atom. The van der Waals surface area contributed by atoms with E-state index in [9.17, 15) is 0 Å². The van der Waals surface area contributed by atoms with Crippen molar-refractivity contribution in [1.82, 2.24) is 4.90 Å². The molecule has 0 radical (unpaired) electrons. The standard InChI is InChI=1S/C16H25ClN2/c1-16(12-18,10-13-5-3-6-13)19(2)11-14-7-4-8-15(17)9-14/h4,7-9,13H,3,5-6,10-12,18H2,1-2H3. The molecule has 0 aromatic heterocycles. The summed E-state index contributed by atoms with van der Waals surface area (Å²) in [6.45, 7) is 3.90. The van der Waals surface area contributed by atoms with Crippen LogP contribution >= 0.6 is 11.6 Å². The van der Waals surface area contributed by atoms with Crippen molar-refractivity contribution >= 4 is 11.6 Å². The van der Waals surface area contributed by atoms with E-state index in [0.717, 1.165) is 17.5 Å². The second-order valence-corrected chi connectivity index (χ2v) is 6.62. The fourth-order valence-corrected chi connectivity index (χ4v) is 3.03. The monoisotopic (exact) mass is 280 g/mol. The van der Waals surface area contributed by atoms with Crippen LogP contribution < -0.4 is 5.73 Å². The molecule has 0 amide bonds. The molecular weight excluding hydrogens is 256 g/mol. The number of hydrogen-bond acceptors (Lipinski definition) is 2. The highest BCUT2D eigenvalue weighted by Gasteiger charge is 2.33. The van der Waals surface area contributed by atoms with Crippen molar-refractivity contribution in [3.63, 3.8) is 0 Å². The lowest BCUT2D eigenvalue weighted by Gasteiger charge is -2.42. The number of halogens is 1. The van der Waals surface area contributed by atoms with Crippen LogP contribution in [0.15, 0.2) is 24.3 Å². The number of likely N-dealkylation sites (N-methyl/N-ethyl adjacent to an activating group) is 1. The van der Waals surface area contributed by atoms with Crippen molar-refractivity contribution < 1.29 is 0 Å². The van der Waals surface area contributed by atoms with Gasteiger partial charge in [-0.3, -0.25) is 4.90 Å². The van der Waals surface area contributed by atoms with Gasteiger partial charge in [-0.05, 0) is 44.0 Å². The Morgan fingerprint density at radius 1 is 1.42 bits per heavy atom. The molecule has 1 atom stereocenters. The summed E-state index contributed by atoms with van der Waals surface area (Å²) in [5.74, 6) is 0.871. The summed E-state index contributed by atoms with van der Waals surface area (Å²) < 4.78 is 0. The Balaban J connectivity index is 2.00. The maximum Gasteiger partial charge on any atom is 0.0409 e. The molecule has 2 N–H and O–H groups in total. The topological polar surface area (TPSA) is 29.3 Å². The molecule has 1 aliphatic carbocycles. The molecule has 2 rings (SSSR count). The van der Waals surface area contributed by atoms with E-state index in [1.165, 1.54) is 31.2 Å². The van der Waals surface area contributed by atoms with Gasteiger partial charge >= 0.3 is 0 Å². The highest BCUT2D eigenvalue weighted by molar-refractivity contribution is 6.30. The first kappa shape index (κ1) is 14.8. The van der Waals surface area contributed by atoms with Gasteiger partial charge in [-0.15, -0.1) is 0 Å². The van der Waals surface area contributed by atoms with Gasteiger partial charge < -0.3 is 5.73 Å². The van der Waals surface area contributed by atoms with Gasteiger partial charge in [0.2, 0.25) is 0 Å². The average Bonchev–Trinajstić information content (AvgIpc) is 2.33. The zero-order valence-electron chi connectivity index (χ0n) is 12.0. The SMILES string of the molecule is CN(Cc1cccc(Cl)c1)C(C)(CN)CC1CCC1. The molecule has 1 aliphatic rings. The van der Waals surface area contributed by atoms with Gasteiger partial charge in [-0.25, -0.2) is 0 Å². The number of nitrogens with zero attached hydrogens (tertiary/aromatic N) is 1. The lowest BCUT2D eigenvalue weighted by atomic mass is 9.76. The Morgan fingerprint density at radius 2 is 2.16 bits per heavy atom. The zero-order valence-corrected chi connectivity index (χ0v) is 12.8. The van der Waals surface area contributed by atoms with Gasteiger partial charge in [0.1, 0.15) is 0 Å². The Labute approximate surface area is 121 Å². The predicted octanol–water partition coefficient (Wildman–Crippen LogP) is 3.68. The van der Waals surface area contributed by atoms with Crippen LogP contribution in [0.1, 0.15) is 38.2 Å². The third kappa shape index (κ3) is 3.71. The highest BCUT2D eigenvalue weighted by Crippen LogP contribution is 2.35. The fourth-order valence-electron chi connectivity index (χ4n) is 2.81. The minimum atomic E-state index is 0.0907. The van der Waals surface area contributed by atoms with Crippen molar-refractivity contribution in [1.29, 1.82) is 0 Å². The number of nitrogens with two attached hydrogens (primary N) is 1. The van der Waals surface area contributed by atoms with Crippen molar-refractivity contribution in [2.24, 2.45) is 11.7 Å². The molecule has 1 saturated carbocycles. The van der Waals surface area contributed by atoms with Crippen LogP contribution in [0.25, 0.3) is 0 Å². The minimum Gasteiger partial charge on any atom is -0.329 e. The van der Waals surface area contributed by atoms with Gasteiger partial charge in [0.05, 0.1) is 0 Å². The van der Waals surface area contributed by atoms with E-state index in [0.29, 0.717) is 6.54 Å². The second-order valence-electron chi connectivity index (χ2n) is 6.19. The largest absolute Gasteiger partial charge is 0.329 e. The summed E-state index contributed by atoms with van der Waals surface area (Å²) in [7, 11) is 2.17. The molecule has 1 fully saturated rings. The normalized spacial score (nSPS) is 19.2. The highest BCUT2D eigenvalue weighted by atomic mass is 35.5. The predicted molar refractivity (Wildman–Crippen MR) is 82.3 cm³/mol. The van der Waals surface area contributed by atoms with E-state index in [2.05, 4.69) is 24.9 Å². The smallest absolute Gasteiger partial charge is 0.0409 e. The van der Waals surface area contributed by atoms with Crippen LogP contribution in [-0.4, -0.2) is 24.0 Å². The number of benzene rings is 1. The van der Waals surface area contributed by atoms with Crippen molar-refractivity contribution in [2.45, 2.75) is 44.7 Å². The molecule has 1 aromatic rings. The number of hydrogen-bond donors (Lipinski definition) is 1. The van der Waals surface area contributed by atoms with Crippen molar-refractivity contribution in [3.05, 3.63) is 34.9 Å². The molecule has 0 heterocycles. The van der Waals surface area contributed by atoms with Crippen LogP contribution in [0.2, 0.25) is 5.02 Å². The van der Waals surface area contributed by atoms with E-state index >= 15 is 0 Å². The average molecular weight is 281 g/mol. The third-order valence-corrected chi connectivity index (χ3v) is 4.86. The zero-order chi connectivity index (χ0) is 13.9. The summed E-state index contributed by atoms with van der Waals surface area (Å²) in [6, 6.07) is 8.10. The summed E-state index contributed by atoms with van der Waals surface area (Å²) in [5.41, 5.74) is 7.39. The summed E-state index contributed by atoms with van der Waals surface area (Å²) >= 11 is 6.05. The van der Waals surface area contributed by atoms with Crippen LogP contribution in [-0.2, 0) is 6.54 Å². The van der Waals surface area contributed by atoms with E-state index in [4.69, 9.17) is 17.3 Å². The second kappa shape index (κ2) is 6.25. The molecule has 3 heteroatoms. The van der Waals surface area contributed by atoms with E-state index < -0.39 is 0 Å². The molecule has 1 aromatic carbocycles. The van der Waals surface area contributed by atoms with E-state index in [-0.39, 0.29) is 5.54 Å². The van der Waals surface area contributed by atoms with E-state index in [1.807, 2.05) is 18.2 Å². The third-order valence-electron chi connectivity index (χ3n) is 4.62. The maximum atomic E-state index is 6.05. The molecule has 106 valence electrons. The lowest BCUT2D eigenvalue weighted by molar-refractivity contribution is 0.0857. The first-order valence-corrected chi connectivity index (χ1v) is 7.57. The van der Waals surface area contributed by atoms with Gasteiger partial charge in [-0.2, -0.15) is 0 Å². The number of rotatable bonds is 6. The van der Waals surface area contributed by atoms with Crippen LogP contribution in [0.3, 0.4) is 0 Å². The lowest BCUT2D eigenvalue weighted by Crippen LogP contribution is -2.51. The minimum absolute atomic E-state index is 0.0907. The van der Waals surface area contributed by atoms with Crippen molar-refractivity contribution in [3.8, 4) is 0 Å². The molecule has 0 spiro atoms. The molecule has 0 bridgehead atoms. The molecular formula is C16H25ClN2. The quantitative estimate of drug-likeness (QED) is 0.861. The molecule has 19 heavy (non-hydrogen) atoms. The first-order valence-electron chi connectivity index (χ1n) is 7.19. The van der Waals surface area contributed by atoms with Gasteiger partial charge in [0.15, 0.2) is 0 Å². The molecule has 1 unspecified atom stereocenters. The van der Waals surface area contributed by atoms with Crippen molar-refractivity contribution in [2.75, 3.05) is 13.6 Å². The first-order chi connectivity index (χ1) is 9.03. The van der Waals surface area contributed by atoms with Crippen LogP contribution in [0.5, 0.6) is 0 Å². The van der Waals surface area contributed by atoms with Gasteiger partial charge in [0.25, 0.3) is 0 Å². The molecule has 0 aliphatic heterocycles. The van der Waals surface area contributed by atoms with Crippen LogP contribution in [0, 0.1) is 5.92 Å². The Hall–Kier alpha value is -0.570. The summed E-state index contributed by atoms with van der Waals surface area (Å²) in [6.07, 6.45) is 5.35. The van der Waals surface area contributed by atoms with Crippen LogP contribution in [0.4, 0.5) is 0 Å². The molecule has 2 nitrogen and oxygen atoms in total. The Kier molecular flexibility index (Phi) is 4.88.